The van der Waals surface area contributed by atoms with Gasteiger partial charge in [-0.05, 0) is 36.6 Å². The highest BCUT2D eigenvalue weighted by Crippen LogP contribution is 2.34. The Kier molecular flexibility index (Phi) is 5.49. The van der Waals surface area contributed by atoms with Gasteiger partial charge in [-0.15, -0.1) is 0 Å². The van der Waals surface area contributed by atoms with Crippen molar-refractivity contribution in [1.82, 2.24) is 9.88 Å². The topological polar surface area (TPSA) is 73.4 Å². The van der Waals surface area contributed by atoms with Crippen molar-refractivity contribution >= 4 is 58.0 Å². The van der Waals surface area contributed by atoms with E-state index in [-0.39, 0.29) is 5.91 Å². The number of rotatable bonds is 6. The summed E-state index contributed by atoms with van der Waals surface area (Å²) in [5.74, 6) is -0.710. The number of hydrogen-bond acceptors (Lipinski definition) is 5. The molecule has 1 fully saturated rings. The van der Waals surface area contributed by atoms with Gasteiger partial charge >= 0.3 is 5.97 Å². The summed E-state index contributed by atoms with van der Waals surface area (Å²) in [6.07, 6.45) is 5.71. The van der Waals surface area contributed by atoms with Crippen LogP contribution in [0.15, 0.2) is 23.2 Å². The maximum atomic E-state index is 12.4. The Hall–Kier alpha value is -1.25. The van der Waals surface area contributed by atoms with E-state index in [2.05, 4.69) is 4.98 Å². The van der Waals surface area contributed by atoms with Crippen molar-refractivity contribution in [2.75, 3.05) is 12.0 Å². The molecule has 1 atom stereocenters. The largest absolute Gasteiger partial charge is 0.480 e. The number of nitrogens with one attached hydrogen (secondary N) is 1. The van der Waals surface area contributed by atoms with Crippen LogP contribution in [0.25, 0.3) is 6.08 Å². The number of thiocarbonyl (C=S) groups is 1. The van der Waals surface area contributed by atoms with Crippen LogP contribution in [0.1, 0.15) is 12.1 Å². The van der Waals surface area contributed by atoms with Crippen LogP contribution in [0.3, 0.4) is 0 Å². The third-order valence-electron chi connectivity index (χ3n) is 2.92. The molecule has 2 N–H and O–H groups in total. The first kappa shape index (κ1) is 16.1. The van der Waals surface area contributed by atoms with E-state index in [1.54, 1.807) is 24.0 Å². The molecule has 2 rings (SSSR count). The third kappa shape index (κ3) is 3.69. The summed E-state index contributed by atoms with van der Waals surface area (Å²) in [5, 5.41) is 9.34. The summed E-state index contributed by atoms with van der Waals surface area (Å²) in [6, 6.07) is 2.75. The van der Waals surface area contributed by atoms with E-state index in [0.29, 0.717) is 21.4 Å². The summed E-state index contributed by atoms with van der Waals surface area (Å²) in [7, 11) is 0. The van der Waals surface area contributed by atoms with Gasteiger partial charge in [0, 0.05) is 11.9 Å². The van der Waals surface area contributed by atoms with Crippen LogP contribution in [0.4, 0.5) is 0 Å². The van der Waals surface area contributed by atoms with Gasteiger partial charge in [-0.2, -0.15) is 11.8 Å². The maximum absolute atomic E-state index is 12.4. The molecule has 1 saturated heterocycles. The summed E-state index contributed by atoms with van der Waals surface area (Å²) in [6.45, 7) is 0. The molecule has 8 heteroatoms. The van der Waals surface area contributed by atoms with Gasteiger partial charge in [0.25, 0.3) is 5.91 Å². The average molecular weight is 342 g/mol. The van der Waals surface area contributed by atoms with E-state index >= 15 is 0 Å². The van der Waals surface area contributed by atoms with Crippen molar-refractivity contribution in [2.24, 2.45) is 0 Å². The highest BCUT2D eigenvalue weighted by atomic mass is 32.2. The lowest BCUT2D eigenvalue weighted by Crippen LogP contribution is -2.44. The van der Waals surface area contributed by atoms with Gasteiger partial charge in [0.2, 0.25) is 0 Å². The molecule has 0 aromatic carbocycles. The molecule has 0 bridgehead atoms. The van der Waals surface area contributed by atoms with Crippen molar-refractivity contribution < 1.29 is 14.7 Å². The molecule has 2 heterocycles. The smallest absolute Gasteiger partial charge is 0.326 e. The fourth-order valence-corrected chi connectivity index (χ4v) is 3.72. The molecule has 0 spiro atoms. The molecule has 1 aliphatic rings. The first-order valence-corrected chi connectivity index (χ1v) is 8.78. The number of aliphatic carboxylic acids is 1. The first-order chi connectivity index (χ1) is 10.0. The third-order valence-corrected chi connectivity index (χ3v) is 4.90. The summed E-state index contributed by atoms with van der Waals surface area (Å²) < 4.78 is 0.298. The van der Waals surface area contributed by atoms with Crippen molar-refractivity contribution in [3.05, 3.63) is 28.9 Å². The lowest BCUT2D eigenvalue weighted by atomic mass is 10.2. The van der Waals surface area contributed by atoms with Gasteiger partial charge in [0.1, 0.15) is 10.4 Å². The standard InChI is InChI=1S/C13H14N2O3S3/c1-20-6-4-9(12(17)18)15-11(16)10(21-13(15)19)7-8-3-2-5-14-8/h2-3,5,7,9,14H,4,6H2,1H3,(H,17,18)/b10-7+. The van der Waals surface area contributed by atoms with Gasteiger partial charge in [-0.3, -0.25) is 9.69 Å². The Labute approximate surface area is 136 Å². The Morgan fingerprint density at radius 3 is 3.00 bits per heavy atom. The van der Waals surface area contributed by atoms with E-state index < -0.39 is 12.0 Å². The quantitative estimate of drug-likeness (QED) is 0.611. The van der Waals surface area contributed by atoms with Gasteiger partial charge in [0.15, 0.2) is 0 Å². The molecule has 1 amide bonds. The number of carboxylic acid groups (broad SMARTS) is 1. The molecule has 112 valence electrons. The average Bonchev–Trinajstić information content (AvgIpc) is 3.02. The van der Waals surface area contributed by atoms with Crippen LogP contribution >= 0.6 is 35.7 Å². The Morgan fingerprint density at radius 2 is 2.43 bits per heavy atom. The summed E-state index contributed by atoms with van der Waals surface area (Å²) >= 11 is 7.86. The lowest BCUT2D eigenvalue weighted by Gasteiger charge is -2.22. The highest BCUT2D eigenvalue weighted by Gasteiger charge is 2.40. The summed E-state index contributed by atoms with van der Waals surface area (Å²) in [4.78, 5) is 28.5. The van der Waals surface area contributed by atoms with Crippen LogP contribution in [-0.2, 0) is 9.59 Å². The Bertz CT molecular complexity index is 583. The van der Waals surface area contributed by atoms with Crippen molar-refractivity contribution in [1.29, 1.82) is 0 Å². The van der Waals surface area contributed by atoms with Crippen LogP contribution < -0.4 is 0 Å². The predicted molar refractivity (Wildman–Crippen MR) is 90.2 cm³/mol. The summed E-state index contributed by atoms with van der Waals surface area (Å²) in [5.41, 5.74) is 0.784. The molecule has 0 radical (unpaired) electrons. The van der Waals surface area contributed by atoms with E-state index in [9.17, 15) is 14.7 Å². The Morgan fingerprint density at radius 1 is 1.67 bits per heavy atom. The van der Waals surface area contributed by atoms with E-state index in [1.165, 1.54) is 4.90 Å². The van der Waals surface area contributed by atoms with E-state index in [1.807, 2.05) is 18.4 Å². The zero-order chi connectivity index (χ0) is 15.4. The number of nitrogens with zero attached hydrogens (tertiary/aromatic N) is 1. The predicted octanol–water partition coefficient (Wildman–Crippen LogP) is 2.42. The second-order valence-corrected chi connectivity index (χ2v) is 6.97. The second-order valence-electron chi connectivity index (χ2n) is 4.31. The van der Waals surface area contributed by atoms with Gasteiger partial charge in [-0.1, -0.05) is 24.0 Å². The number of aromatic nitrogens is 1. The monoisotopic (exact) mass is 342 g/mol. The number of thioether (sulfide) groups is 2. The van der Waals surface area contributed by atoms with Gasteiger partial charge < -0.3 is 10.1 Å². The molecular formula is C13H14N2O3S3. The van der Waals surface area contributed by atoms with Gasteiger partial charge in [-0.25, -0.2) is 4.79 Å². The molecule has 1 unspecified atom stereocenters. The maximum Gasteiger partial charge on any atom is 0.326 e. The zero-order valence-electron chi connectivity index (χ0n) is 11.2. The van der Waals surface area contributed by atoms with Crippen molar-refractivity contribution in [3.8, 4) is 0 Å². The molecular weight excluding hydrogens is 328 g/mol. The number of carbonyl (C=O) groups excluding carboxylic acids is 1. The van der Waals surface area contributed by atoms with E-state index in [4.69, 9.17) is 12.2 Å². The first-order valence-electron chi connectivity index (χ1n) is 6.16. The second kappa shape index (κ2) is 7.15. The van der Waals surface area contributed by atoms with Crippen LogP contribution in [0.2, 0.25) is 0 Å². The van der Waals surface area contributed by atoms with Gasteiger partial charge in [0.05, 0.1) is 4.91 Å². The van der Waals surface area contributed by atoms with Crippen LogP contribution in [0.5, 0.6) is 0 Å². The minimum atomic E-state index is -1.03. The van der Waals surface area contributed by atoms with Crippen LogP contribution in [-0.4, -0.2) is 49.2 Å². The highest BCUT2D eigenvalue weighted by molar-refractivity contribution is 8.26. The van der Waals surface area contributed by atoms with Crippen molar-refractivity contribution in [2.45, 2.75) is 12.5 Å². The molecule has 1 aromatic rings. The molecule has 5 nitrogen and oxygen atoms in total. The minimum absolute atomic E-state index is 0.298. The SMILES string of the molecule is CSCCC(C(=O)O)N1C(=O)/C(=C\c2ccc[nH]2)SC1=S. The lowest BCUT2D eigenvalue weighted by molar-refractivity contribution is -0.145. The molecule has 0 aliphatic carbocycles. The number of hydrogen-bond donors (Lipinski definition) is 2. The number of aromatic amines is 1. The number of amides is 1. The normalized spacial score (nSPS) is 18.5. The van der Waals surface area contributed by atoms with E-state index in [0.717, 1.165) is 17.5 Å². The fourth-order valence-electron chi connectivity index (χ4n) is 1.92. The molecule has 0 saturated carbocycles. The molecule has 1 aliphatic heterocycles. The number of carbonyl (C=O) groups is 2. The number of carboxylic acids is 1. The minimum Gasteiger partial charge on any atom is -0.480 e. The molecule has 21 heavy (non-hydrogen) atoms. The number of H-pyrrole nitrogens is 1. The fraction of sp³-hybridized carbons (Fsp3) is 0.308. The molecule has 1 aromatic heterocycles. The van der Waals surface area contributed by atoms with Crippen LogP contribution in [0, 0.1) is 0 Å². The zero-order valence-corrected chi connectivity index (χ0v) is 13.7. The Balaban J connectivity index is 2.22. The van der Waals surface area contributed by atoms with Crippen molar-refractivity contribution in [3.63, 3.8) is 0 Å².